The lowest BCUT2D eigenvalue weighted by Crippen LogP contribution is -2.20. The summed E-state index contributed by atoms with van der Waals surface area (Å²) < 4.78 is 5.44. The zero-order valence-electron chi connectivity index (χ0n) is 13.4. The van der Waals surface area contributed by atoms with Crippen molar-refractivity contribution in [3.63, 3.8) is 0 Å². The number of ether oxygens (including phenoxy) is 1. The molecule has 0 aliphatic rings. The summed E-state index contributed by atoms with van der Waals surface area (Å²) in [6.45, 7) is 6.35. The zero-order valence-corrected chi connectivity index (χ0v) is 13.4. The van der Waals surface area contributed by atoms with Gasteiger partial charge in [0.05, 0.1) is 7.11 Å². The Hall–Kier alpha value is -1.80. The molecule has 2 N–H and O–H groups in total. The molecule has 0 aromatic heterocycles. The summed E-state index contributed by atoms with van der Waals surface area (Å²) in [4.78, 5) is 0. The van der Waals surface area contributed by atoms with E-state index in [1.165, 1.54) is 11.1 Å². The van der Waals surface area contributed by atoms with Gasteiger partial charge in [-0.3, -0.25) is 0 Å². The molecule has 0 amide bonds. The van der Waals surface area contributed by atoms with Gasteiger partial charge in [-0.15, -0.1) is 0 Å². The van der Waals surface area contributed by atoms with Gasteiger partial charge in [0, 0.05) is 12.0 Å². The van der Waals surface area contributed by atoms with Gasteiger partial charge in [-0.1, -0.05) is 49.4 Å². The molecule has 0 fully saturated rings. The summed E-state index contributed by atoms with van der Waals surface area (Å²) in [7, 11) is 1.72. The van der Waals surface area contributed by atoms with E-state index in [2.05, 4.69) is 57.2 Å². The Morgan fingerprint density at radius 2 is 1.57 bits per heavy atom. The lowest BCUT2D eigenvalue weighted by molar-refractivity contribution is 0.408. The normalized spacial score (nSPS) is 13.8. The van der Waals surface area contributed by atoms with Gasteiger partial charge in [0.1, 0.15) is 5.75 Å². The molecule has 2 aromatic carbocycles. The Labute approximate surface area is 127 Å². The molecule has 2 aromatic rings. The molecule has 2 rings (SSSR count). The highest BCUT2D eigenvalue weighted by atomic mass is 16.5. The Balaban J connectivity index is 2.36. The number of hydrogen-bond donors (Lipinski definition) is 1. The Bertz CT molecular complexity index is 569. The number of methoxy groups -OCH3 is 1. The van der Waals surface area contributed by atoms with Crippen molar-refractivity contribution in [1.82, 2.24) is 0 Å². The van der Waals surface area contributed by atoms with E-state index in [1.807, 2.05) is 6.07 Å². The standard InChI is InChI=1S/C19H25NO/c1-5-17(15-9-7-6-8-10-15)18(20)16-11-13(2)19(21-4)14(3)12-16/h6-12,17-18H,5,20H2,1-4H3. The Morgan fingerprint density at radius 1 is 1.00 bits per heavy atom. The highest BCUT2D eigenvalue weighted by molar-refractivity contribution is 5.45. The lowest BCUT2D eigenvalue weighted by Gasteiger charge is -2.25. The molecule has 2 unspecified atom stereocenters. The maximum Gasteiger partial charge on any atom is 0.124 e. The summed E-state index contributed by atoms with van der Waals surface area (Å²) in [6, 6.07) is 14.8. The van der Waals surface area contributed by atoms with Crippen LogP contribution in [0.2, 0.25) is 0 Å². The van der Waals surface area contributed by atoms with Crippen LogP contribution in [0, 0.1) is 13.8 Å². The number of hydrogen-bond acceptors (Lipinski definition) is 2. The van der Waals surface area contributed by atoms with Crippen molar-refractivity contribution in [2.24, 2.45) is 5.73 Å². The summed E-state index contributed by atoms with van der Waals surface area (Å²) in [5.74, 6) is 1.29. The van der Waals surface area contributed by atoms with Crippen LogP contribution in [0.25, 0.3) is 0 Å². The minimum Gasteiger partial charge on any atom is -0.496 e. The molecular weight excluding hydrogens is 258 g/mol. The van der Waals surface area contributed by atoms with Crippen LogP contribution in [-0.4, -0.2) is 7.11 Å². The second-order valence-electron chi connectivity index (χ2n) is 5.64. The summed E-state index contributed by atoms with van der Waals surface area (Å²) in [5.41, 5.74) is 11.3. The van der Waals surface area contributed by atoms with Crippen LogP contribution in [0.3, 0.4) is 0 Å². The molecule has 0 aliphatic heterocycles. The van der Waals surface area contributed by atoms with Crippen LogP contribution < -0.4 is 10.5 Å². The zero-order chi connectivity index (χ0) is 15.4. The van der Waals surface area contributed by atoms with Crippen LogP contribution in [0.1, 0.15) is 47.6 Å². The topological polar surface area (TPSA) is 35.2 Å². The number of rotatable bonds is 5. The van der Waals surface area contributed by atoms with Gasteiger partial charge < -0.3 is 10.5 Å². The van der Waals surface area contributed by atoms with Crippen molar-refractivity contribution in [3.8, 4) is 5.75 Å². The van der Waals surface area contributed by atoms with E-state index >= 15 is 0 Å². The minimum atomic E-state index is 0.000654. The number of benzene rings is 2. The third-order valence-corrected chi connectivity index (χ3v) is 4.17. The van der Waals surface area contributed by atoms with E-state index in [-0.39, 0.29) is 6.04 Å². The van der Waals surface area contributed by atoms with E-state index in [0.29, 0.717) is 5.92 Å². The van der Waals surface area contributed by atoms with Crippen LogP contribution in [0.15, 0.2) is 42.5 Å². The highest BCUT2D eigenvalue weighted by Crippen LogP contribution is 2.34. The van der Waals surface area contributed by atoms with E-state index < -0.39 is 0 Å². The van der Waals surface area contributed by atoms with Gasteiger partial charge in [-0.2, -0.15) is 0 Å². The maximum absolute atomic E-state index is 6.57. The summed E-state index contributed by atoms with van der Waals surface area (Å²) in [6.07, 6.45) is 1.02. The van der Waals surface area contributed by atoms with Crippen LogP contribution >= 0.6 is 0 Å². The Morgan fingerprint density at radius 3 is 2.05 bits per heavy atom. The maximum atomic E-state index is 6.57. The number of aryl methyl sites for hydroxylation is 2. The second kappa shape index (κ2) is 6.77. The highest BCUT2D eigenvalue weighted by Gasteiger charge is 2.21. The van der Waals surface area contributed by atoms with E-state index in [1.54, 1.807) is 7.11 Å². The fourth-order valence-corrected chi connectivity index (χ4v) is 3.13. The van der Waals surface area contributed by atoms with Crippen molar-refractivity contribution in [3.05, 3.63) is 64.7 Å². The molecule has 0 radical (unpaired) electrons. The summed E-state index contributed by atoms with van der Waals surface area (Å²) in [5, 5.41) is 0. The minimum absolute atomic E-state index is 0.000654. The third kappa shape index (κ3) is 3.27. The van der Waals surface area contributed by atoms with Crippen LogP contribution in [-0.2, 0) is 0 Å². The first-order chi connectivity index (χ1) is 10.1. The molecular formula is C19H25NO. The largest absolute Gasteiger partial charge is 0.496 e. The second-order valence-corrected chi connectivity index (χ2v) is 5.64. The predicted octanol–water partition coefficient (Wildman–Crippen LogP) is 4.51. The quantitative estimate of drug-likeness (QED) is 0.876. The van der Waals surface area contributed by atoms with E-state index in [0.717, 1.165) is 23.3 Å². The van der Waals surface area contributed by atoms with Crippen molar-refractivity contribution in [1.29, 1.82) is 0 Å². The lowest BCUT2D eigenvalue weighted by atomic mass is 9.84. The van der Waals surface area contributed by atoms with Crippen molar-refractivity contribution >= 4 is 0 Å². The first-order valence-electron chi connectivity index (χ1n) is 7.54. The fraction of sp³-hybridized carbons (Fsp3) is 0.368. The van der Waals surface area contributed by atoms with Gasteiger partial charge in [-0.25, -0.2) is 0 Å². The molecule has 0 bridgehead atoms. The SMILES string of the molecule is CCC(c1ccccc1)C(N)c1cc(C)c(OC)c(C)c1. The Kier molecular flexibility index (Phi) is 5.03. The molecule has 2 atom stereocenters. The molecule has 0 saturated heterocycles. The van der Waals surface area contributed by atoms with Crippen molar-refractivity contribution in [2.45, 2.75) is 39.2 Å². The van der Waals surface area contributed by atoms with Gasteiger partial charge in [0.25, 0.3) is 0 Å². The average molecular weight is 283 g/mol. The van der Waals surface area contributed by atoms with Gasteiger partial charge >= 0.3 is 0 Å². The third-order valence-electron chi connectivity index (χ3n) is 4.17. The average Bonchev–Trinajstić information content (AvgIpc) is 2.48. The molecule has 0 saturated carbocycles. The molecule has 2 nitrogen and oxygen atoms in total. The van der Waals surface area contributed by atoms with Gasteiger partial charge in [-0.05, 0) is 42.5 Å². The molecule has 21 heavy (non-hydrogen) atoms. The monoisotopic (exact) mass is 283 g/mol. The fourth-order valence-electron chi connectivity index (χ4n) is 3.13. The van der Waals surface area contributed by atoms with Crippen molar-refractivity contribution < 1.29 is 4.74 Å². The molecule has 0 heterocycles. The first kappa shape index (κ1) is 15.6. The smallest absolute Gasteiger partial charge is 0.124 e. The van der Waals surface area contributed by atoms with E-state index in [9.17, 15) is 0 Å². The van der Waals surface area contributed by atoms with Crippen molar-refractivity contribution in [2.75, 3.05) is 7.11 Å². The van der Waals surface area contributed by atoms with E-state index in [4.69, 9.17) is 10.5 Å². The van der Waals surface area contributed by atoms with Gasteiger partial charge in [0.2, 0.25) is 0 Å². The molecule has 2 heteroatoms. The molecule has 112 valence electrons. The van der Waals surface area contributed by atoms with Crippen LogP contribution in [0.4, 0.5) is 0 Å². The van der Waals surface area contributed by atoms with Crippen LogP contribution in [0.5, 0.6) is 5.75 Å². The summed E-state index contributed by atoms with van der Waals surface area (Å²) >= 11 is 0. The van der Waals surface area contributed by atoms with Gasteiger partial charge in [0.15, 0.2) is 0 Å². The number of nitrogens with two attached hydrogens (primary N) is 1. The predicted molar refractivity (Wildman–Crippen MR) is 88.9 cm³/mol. The molecule has 0 spiro atoms. The molecule has 0 aliphatic carbocycles. The first-order valence-corrected chi connectivity index (χ1v) is 7.54.